The molecular weight excluding hydrogens is 344 g/mol. The average Bonchev–Trinajstić information content (AvgIpc) is 3.12. The second kappa shape index (κ2) is 7.64. The number of nitrogens with one attached hydrogen (secondary N) is 1. The maximum absolute atomic E-state index is 12.8. The zero-order chi connectivity index (χ0) is 18.7. The van der Waals surface area contributed by atoms with Gasteiger partial charge >= 0.3 is 0 Å². The lowest BCUT2D eigenvalue weighted by atomic mass is 9.80. The Labute approximate surface area is 159 Å². The van der Waals surface area contributed by atoms with Crippen LogP contribution in [0.3, 0.4) is 0 Å². The van der Waals surface area contributed by atoms with Crippen LogP contribution in [-0.4, -0.2) is 70.9 Å². The Morgan fingerprint density at radius 2 is 2.04 bits per heavy atom. The Morgan fingerprint density at radius 3 is 2.74 bits per heavy atom. The van der Waals surface area contributed by atoms with E-state index in [1.54, 1.807) is 18.6 Å². The molecule has 1 atom stereocenters. The summed E-state index contributed by atoms with van der Waals surface area (Å²) in [6.07, 6.45) is 11.9. The molecule has 8 heteroatoms. The van der Waals surface area contributed by atoms with Gasteiger partial charge in [-0.25, -0.2) is 9.97 Å². The molecule has 0 radical (unpaired) electrons. The molecule has 3 aliphatic rings. The summed E-state index contributed by atoms with van der Waals surface area (Å²) in [5.74, 6) is 0.533. The third kappa shape index (κ3) is 3.95. The van der Waals surface area contributed by atoms with Gasteiger partial charge in [0.15, 0.2) is 0 Å². The molecular formula is C19H26N6O2. The van der Waals surface area contributed by atoms with Crippen molar-refractivity contribution in [3.8, 4) is 0 Å². The summed E-state index contributed by atoms with van der Waals surface area (Å²) < 4.78 is 5.48. The van der Waals surface area contributed by atoms with Crippen molar-refractivity contribution in [1.29, 1.82) is 0 Å². The second-order valence-electron chi connectivity index (χ2n) is 7.53. The number of amides is 1. The topological polar surface area (TPSA) is 83.0 Å². The first-order valence-corrected chi connectivity index (χ1v) is 9.55. The fourth-order valence-electron chi connectivity index (χ4n) is 3.96. The van der Waals surface area contributed by atoms with Crippen LogP contribution in [0.4, 0.5) is 5.95 Å². The summed E-state index contributed by atoms with van der Waals surface area (Å²) in [4.78, 5) is 29.6. The van der Waals surface area contributed by atoms with E-state index in [2.05, 4.69) is 25.2 Å². The highest BCUT2D eigenvalue weighted by Gasteiger charge is 2.41. The van der Waals surface area contributed by atoms with Crippen LogP contribution in [0.2, 0.25) is 0 Å². The van der Waals surface area contributed by atoms with Gasteiger partial charge in [-0.05, 0) is 31.6 Å². The normalized spacial score (nSPS) is 22.3. The van der Waals surface area contributed by atoms with Crippen LogP contribution in [0.1, 0.15) is 36.5 Å². The third-order valence-electron chi connectivity index (χ3n) is 5.76. The van der Waals surface area contributed by atoms with Crippen LogP contribution in [0.5, 0.6) is 0 Å². The highest BCUT2D eigenvalue weighted by atomic mass is 16.5. The van der Waals surface area contributed by atoms with Crippen molar-refractivity contribution >= 4 is 18.1 Å². The molecule has 0 bridgehead atoms. The van der Waals surface area contributed by atoms with Crippen molar-refractivity contribution in [3.05, 3.63) is 30.4 Å². The summed E-state index contributed by atoms with van der Waals surface area (Å²) in [7, 11) is 0. The lowest BCUT2D eigenvalue weighted by molar-refractivity contribution is 0.0191. The standard InChI is InChI=1S/C19H26N6O2/c1-15(24-8-5-20-6-9-24)23-18-21-12-16(13-22-18)17(26)25-7-2-19(14-25)3-10-27-11-4-19/h5-6,8,12-13,15H,2-4,7,9-11,14H2,1H3,(H,21,22,23)/t15-/m0/s1. The predicted octanol–water partition coefficient (Wildman–Crippen LogP) is 1.73. The molecule has 0 aliphatic carbocycles. The maximum atomic E-state index is 12.8. The number of nitrogens with zero attached hydrogens (tertiary/aromatic N) is 5. The van der Waals surface area contributed by atoms with Gasteiger partial charge in [-0.2, -0.15) is 0 Å². The molecule has 0 unspecified atom stereocenters. The molecule has 4 rings (SSSR count). The summed E-state index contributed by atoms with van der Waals surface area (Å²) in [6, 6.07) is 0. The number of aliphatic imine (C=N–C) groups is 1. The zero-order valence-corrected chi connectivity index (χ0v) is 15.7. The van der Waals surface area contributed by atoms with E-state index in [0.717, 1.165) is 52.1 Å². The number of hydrogen-bond donors (Lipinski definition) is 1. The molecule has 1 spiro atoms. The van der Waals surface area contributed by atoms with E-state index in [4.69, 9.17) is 4.74 Å². The Morgan fingerprint density at radius 1 is 1.26 bits per heavy atom. The minimum Gasteiger partial charge on any atom is -0.381 e. The predicted molar refractivity (Wildman–Crippen MR) is 102 cm³/mol. The molecule has 1 aromatic heterocycles. The second-order valence-corrected chi connectivity index (χ2v) is 7.53. The summed E-state index contributed by atoms with van der Waals surface area (Å²) in [5.41, 5.74) is 0.791. The molecule has 0 saturated carbocycles. The Bertz CT molecular complexity index is 726. The number of hydrogen-bond acceptors (Lipinski definition) is 7. The van der Waals surface area contributed by atoms with Crippen LogP contribution in [-0.2, 0) is 4.74 Å². The highest BCUT2D eigenvalue weighted by molar-refractivity contribution is 5.94. The van der Waals surface area contributed by atoms with Gasteiger partial charge in [0, 0.05) is 57.3 Å². The summed E-state index contributed by atoms with van der Waals surface area (Å²) >= 11 is 0. The Hall–Kier alpha value is -2.48. The molecule has 144 valence electrons. The highest BCUT2D eigenvalue weighted by Crippen LogP contribution is 2.40. The van der Waals surface area contributed by atoms with Gasteiger partial charge in [0.05, 0.1) is 18.3 Å². The molecule has 2 saturated heterocycles. The Balaban J connectivity index is 1.35. The van der Waals surface area contributed by atoms with E-state index in [1.165, 1.54) is 0 Å². The van der Waals surface area contributed by atoms with E-state index in [9.17, 15) is 4.79 Å². The number of anilines is 1. The van der Waals surface area contributed by atoms with Crippen LogP contribution in [0.25, 0.3) is 0 Å². The van der Waals surface area contributed by atoms with Crippen molar-refractivity contribution in [2.45, 2.75) is 32.4 Å². The molecule has 1 amide bonds. The van der Waals surface area contributed by atoms with Crippen molar-refractivity contribution < 1.29 is 9.53 Å². The van der Waals surface area contributed by atoms with Gasteiger partial charge in [0.1, 0.15) is 0 Å². The summed E-state index contributed by atoms with van der Waals surface area (Å²) in [5, 5.41) is 3.25. The minimum atomic E-state index is 0.0214. The number of ether oxygens (including phenoxy) is 1. The first-order valence-electron chi connectivity index (χ1n) is 9.55. The van der Waals surface area contributed by atoms with E-state index in [0.29, 0.717) is 11.5 Å². The van der Waals surface area contributed by atoms with Gasteiger partial charge in [0.25, 0.3) is 5.91 Å². The Kier molecular flexibility index (Phi) is 5.07. The van der Waals surface area contributed by atoms with E-state index in [1.807, 2.05) is 24.2 Å². The van der Waals surface area contributed by atoms with E-state index < -0.39 is 0 Å². The van der Waals surface area contributed by atoms with E-state index in [-0.39, 0.29) is 17.5 Å². The van der Waals surface area contributed by atoms with Crippen molar-refractivity contribution in [1.82, 2.24) is 19.8 Å². The van der Waals surface area contributed by atoms with Crippen molar-refractivity contribution in [3.63, 3.8) is 0 Å². The largest absolute Gasteiger partial charge is 0.381 e. The molecule has 8 nitrogen and oxygen atoms in total. The third-order valence-corrected chi connectivity index (χ3v) is 5.76. The van der Waals surface area contributed by atoms with Crippen LogP contribution in [0.15, 0.2) is 29.8 Å². The number of carbonyl (C=O) groups is 1. The summed E-state index contributed by atoms with van der Waals surface area (Å²) in [6.45, 7) is 6.00. The lowest BCUT2D eigenvalue weighted by Crippen LogP contribution is -2.37. The molecule has 1 aromatic rings. The van der Waals surface area contributed by atoms with Gasteiger partial charge in [-0.1, -0.05) is 0 Å². The van der Waals surface area contributed by atoms with Gasteiger partial charge in [-0.3, -0.25) is 9.79 Å². The van der Waals surface area contributed by atoms with Crippen LogP contribution in [0, 0.1) is 5.41 Å². The quantitative estimate of drug-likeness (QED) is 0.869. The number of carbonyl (C=O) groups excluding carboxylic acids is 1. The fraction of sp³-hybridized carbons (Fsp3) is 0.579. The SMILES string of the molecule is C[C@@H](Nc1ncc(C(=O)N2CCC3(CCOCC3)C2)cn1)N1C=CN=CC1. The number of aromatic nitrogens is 2. The van der Waals surface area contributed by atoms with Crippen LogP contribution >= 0.6 is 0 Å². The minimum absolute atomic E-state index is 0.0214. The van der Waals surface area contributed by atoms with E-state index >= 15 is 0 Å². The molecule has 0 aromatic carbocycles. The molecule has 1 N–H and O–H groups in total. The van der Waals surface area contributed by atoms with Crippen molar-refractivity contribution in [2.24, 2.45) is 10.4 Å². The van der Waals surface area contributed by atoms with Crippen molar-refractivity contribution in [2.75, 3.05) is 38.2 Å². The average molecular weight is 370 g/mol. The molecule has 3 aliphatic heterocycles. The first-order chi connectivity index (χ1) is 13.2. The van der Waals surface area contributed by atoms with Gasteiger partial charge in [0.2, 0.25) is 5.95 Å². The van der Waals surface area contributed by atoms with Crippen LogP contribution < -0.4 is 5.32 Å². The molecule has 2 fully saturated rings. The number of rotatable bonds is 4. The monoisotopic (exact) mass is 370 g/mol. The molecule has 4 heterocycles. The van der Waals surface area contributed by atoms with Gasteiger partial charge < -0.3 is 19.9 Å². The first kappa shape index (κ1) is 17.9. The zero-order valence-electron chi connectivity index (χ0n) is 15.7. The molecule has 27 heavy (non-hydrogen) atoms. The smallest absolute Gasteiger partial charge is 0.257 e. The fourth-order valence-corrected chi connectivity index (χ4v) is 3.96. The maximum Gasteiger partial charge on any atom is 0.257 e. The number of likely N-dealkylation sites (tertiary alicyclic amines) is 1. The lowest BCUT2D eigenvalue weighted by Gasteiger charge is -2.33. The van der Waals surface area contributed by atoms with Gasteiger partial charge in [-0.15, -0.1) is 0 Å².